The van der Waals surface area contributed by atoms with Crippen molar-refractivity contribution in [1.29, 1.82) is 0 Å². The van der Waals surface area contributed by atoms with Gasteiger partial charge in [-0.2, -0.15) is 0 Å². The molecule has 0 unspecified atom stereocenters. The third kappa shape index (κ3) is 4.75. The number of likely N-dealkylation sites (tertiary alicyclic amines) is 1. The van der Waals surface area contributed by atoms with Gasteiger partial charge in [0, 0.05) is 29.2 Å². The molecule has 0 bridgehead atoms. The molecule has 3 aromatic carbocycles. The largest absolute Gasteiger partial charge is 0.497 e. The van der Waals surface area contributed by atoms with Crippen molar-refractivity contribution in [3.63, 3.8) is 0 Å². The summed E-state index contributed by atoms with van der Waals surface area (Å²) in [7, 11) is 1.67. The zero-order valence-electron chi connectivity index (χ0n) is 19.2. The first-order valence-corrected chi connectivity index (χ1v) is 12.9. The van der Waals surface area contributed by atoms with E-state index >= 15 is 0 Å². The van der Waals surface area contributed by atoms with Crippen molar-refractivity contribution in [2.45, 2.75) is 24.8 Å². The molecular weight excluding hydrogens is 526 g/mol. The second kappa shape index (κ2) is 9.84. The molecule has 0 radical (unpaired) electrons. The quantitative estimate of drug-likeness (QED) is 0.337. The number of benzene rings is 3. The number of amides is 1. The SMILES string of the molecule is COc1ccc2c(c1)C1(CCN(Cc3ccc(Cl)c(Cl)c3)CC1)CN2C(=O)c1ccc(Cl)cc1Cl. The van der Waals surface area contributed by atoms with Crippen molar-refractivity contribution < 1.29 is 9.53 Å². The maximum Gasteiger partial charge on any atom is 0.259 e. The molecule has 5 rings (SSSR count). The van der Waals surface area contributed by atoms with Gasteiger partial charge in [-0.15, -0.1) is 0 Å². The van der Waals surface area contributed by atoms with Crippen molar-refractivity contribution in [3.05, 3.63) is 91.4 Å². The van der Waals surface area contributed by atoms with Crippen LogP contribution in [0.1, 0.15) is 34.3 Å². The van der Waals surface area contributed by atoms with Crippen molar-refractivity contribution in [2.24, 2.45) is 0 Å². The zero-order valence-corrected chi connectivity index (χ0v) is 22.2. The second-order valence-corrected chi connectivity index (χ2v) is 10.9. The van der Waals surface area contributed by atoms with Crippen LogP contribution in [0.5, 0.6) is 5.75 Å². The number of carbonyl (C=O) groups is 1. The molecule has 182 valence electrons. The van der Waals surface area contributed by atoms with Crippen LogP contribution in [0.25, 0.3) is 0 Å². The van der Waals surface area contributed by atoms with E-state index < -0.39 is 0 Å². The fourth-order valence-corrected chi connectivity index (χ4v) is 6.04. The average molecular weight is 550 g/mol. The highest BCUT2D eigenvalue weighted by Gasteiger charge is 2.46. The normalized spacial score (nSPS) is 17.0. The summed E-state index contributed by atoms with van der Waals surface area (Å²) in [6.45, 7) is 3.22. The predicted octanol–water partition coefficient (Wildman–Crippen LogP) is 7.50. The number of ether oxygens (including phenoxy) is 1. The molecule has 0 N–H and O–H groups in total. The summed E-state index contributed by atoms with van der Waals surface area (Å²) in [6, 6.07) is 16.8. The molecule has 0 aliphatic carbocycles. The fourth-order valence-electron chi connectivity index (χ4n) is 5.23. The van der Waals surface area contributed by atoms with Gasteiger partial charge < -0.3 is 9.64 Å². The van der Waals surface area contributed by atoms with Crippen LogP contribution in [0, 0.1) is 0 Å². The maximum atomic E-state index is 13.6. The molecule has 1 spiro atoms. The highest BCUT2D eigenvalue weighted by atomic mass is 35.5. The number of piperidine rings is 1. The van der Waals surface area contributed by atoms with Gasteiger partial charge in [0.25, 0.3) is 5.91 Å². The molecule has 2 aliphatic heterocycles. The molecule has 3 aromatic rings. The topological polar surface area (TPSA) is 32.8 Å². The maximum absolute atomic E-state index is 13.6. The molecule has 2 aliphatic rings. The molecule has 0 atom stereocenters. The van der Waals surface area contributed by atoms with Gasteiger partial charge in [0.2, 0.25) is 0 Å². The number of hydrogen-bond donors (Lipinski definition) is 0. The van der Waals surface area contributed by atoms with Gasteiger partial charge in [-0.3, -0.25) is 9.69 Å². The molecule has 2 heterocycles. The van der Waals surface area contributed by atoms with Crippen LogP contribution in [0.3, 0.4) is 0 Å². The Labute approximate surface area is 225 Å². The Kier molecular flexibility index (Phi) is 6.95. The molecule has 8 heteroatoms. The summed E-state index contributed by atoms with van der Waals surface area (Å²) in [6.07, 6.45) is 1.85. The standard InChI is InChI=1S/C27H24Cl4N2O2/c1-35-19-4-7-25-21(14-19)27(16-33(25)26(34)20-5-3-18(28)13-23(20)30)8-10-32(11-9-27)15-17-2-6-22(29)24(31)12-17/h2-7,12-14H,8-11,15-16H2,1H3. The van der Waals surface area contributed by atoms with Gasteiger partial charge in [0.15, 0.2) is 0 Å². The fraction of sp³-hybridized carbons (Fsp3) is 0.296. The molecule has 4 nitrogen and oxygen atoms in total. The molecule has 35 heavy (non-hydrogen) atoms. The first-order chi connectivity index (χ1) is 16.8. The van der Waals surface area contributed by atoms with E-state index in [2.05, 4.69) is 11.0 Å². The van der Waals surface area contributed by atoms with Gasteiger partial charge in [-0.1, -0.05) is 52.5 Å². The number of hydrogen-bond acceptors (Lipinski definition) is 3. The van der Waals surface area contributed by atoms with E-state index in [4.69, 9.17) is 51.1 Å². The van der Waals surface area contributed by atoms with E-state index in [0.29, 0.717) is 32.2 Å². The van der Waals surface area contributed by atoms with Crippen molar-refractivity contribution in [3.8, 4) is 5.75 Å². The van der Waals surface area contributed by atoms with E-state index in [1.807, 2.05) is 35.2 Å². The molecule has 1 fully saturated rings. The molecule has 1 amide bonds. The minimum atomic E-state index is -0.146. The second-order valence-electron chi connectivity index (χ2n) is 9.20. The number of methoxy groups -OCH3 is 1. The minimum Gasteiger partial charge on any atom is -0.497 e. The average Bonchev–Trinajstić information content (AvgIpc) is 3.16. The van der Waals surface area contributed by atoms with Crippen LogP contribution < -0.4 is 9.64 Å². The first kappa shape index (κ1) is 24.7. The van der Waals surface area contributed by atoms with Crippen molar-refractivity contribution in [2.75, 3.05) is 31.6 Å². The lowest BCUT2D eigenvalue weighted by atomic mass is 9.74. The lowest BCUT2D eigenvalue weighted by Gasteiger charge is -2.40. The lowest BCUT2D eigenvalue weighted by molar-refractivity contribution is 0.0975. The predicted molar refractivity (Wildman–Crippen MR) is 144 cm³/mol. The number of halogens is 4. The molecule has 0 aromatic heterocycles. The van der Waals surface area contributed by atoms with Gasteiger partial charge in [-0.25, -0.2) is 0 Å². The number of fused-ring (bicyclic) bond motifs is 2. The van der Waals surface area contributed by atoms with Gasteiger partial charge in [0.1, 0.15) is 5.75 Å². The third-order valence-electron chi connectivity index (χ3n) is 7.14. The highest BCUT2D eigenvalue weighted by molar-refractivity contribution is 6.42. The van der Waals surface area contributed by atoms with Crippen LogP contribution in [0.2, 0.25) is 20.1 Å². The third-order valence-corrected chi connectivity index (χ3v) is 8.42. The Morgan fingerprint density at radius 2 is 1.69 bits per heavy atom. The Balaban J connectivity index is 1.41. The Bertz CT molecular complexity index is 1290. The summed E-state index contributed by atoms with van der Waals surface area (Å²) >= 11 is 24.7. The van der Waals surface area contributed by atoms with Crippen molar-refractivity contribution >= 4 is 58.0 Å². The molecular formula is C27H24Cl4N2O2. The highest BCUT2D eigenvalue weighted by Crippen LogP contribution is 2.49. The minimum absolute atomic E-state index is 0.117. The number of nitrogens with zero attached hydrogens (tertiary/aromatic N) is 2. The van der Waals surface area contributed by atoms with E-state index in [1.54, 1.807) is 25.3 Å². The first-order valence-electron chi connectivity index (χ1n) is 11.4. The number of carbonyl (C=O) groups excluding carboxylic acids is 1. The van der Waals surface area contributed by atoms with Crippen LogP contribution in [0.4, 0.5) is 5.69 Å². The van der Waals surface area contributed by atoms with E-state index in [1.165, 1.54) is 0 Å². The van der Waals surface area contributed by atoms with Gasteiger partial charge >= 0.3 is 0 Å². The summed E-state index contributed by atoms with van der Waals surface area (Å²) in [5.41, 5.74) is 3.52. The molecule has 1 saturated heterocycles. The summed E-state index contributed by atoms with van der Waals surface area (Å²) in [5, 5.41) is 2.00. The number of anilines is 1. The van der Waals surface area contributed by atoms with Crippen LogP contribution in [-0.4, -0.2) is 37.6 Å². The van der Waals surface area contributed by atoms with E-state index in [0.717, 1.165) is 55.0 Å². The van der Waals surface area contributed by atoms with Gasteiger partial charge in [0.05, 0.1) is 27.7 Å². The van der Waals surface area contributed by atoms with Crippen LogP contribution in [0.15, 0.2) is 54.6 Å². The number of rotatable bonds is 4. The van der Waals surface area contributed by atoms with Gasteiger partial charge in [-0.05, 0) is 85.6 Å². The van der Waals surface area contributed by atoms with Crippen molar-refractivity contribution in [1.82, 2.24) is 4.90 Å². The molecule has 0 saturated carbocycles. The Morgan fingerprint density at radius 1 is 0.914 bits per heavy atom. The lowest BCUT2D eigenvalue weighted by Crippen LogP contribution is -2.45. The monoisotopic (exact) mass is 548 g/mol. The summed E-state index contributed by atoms with van der Waals surface area (Å²) in [4.78, 5) is 17.9. The van der Waals surface area contributed by atoms with Crippen LogP contribution >= 0.6 is 46.4 Å². The Hall–Kier alpha value is -1.95. The van der Waals surface area contributed by atoms with E-state index in [-0.39, 0.29) is 11.3 Å². The van der Waals surface area contributed by atoms with E-state index in [9.17, 15) is 4.79 Å². The summed E-state index contributed by atoms with van der Waals surface area (Å²) < 4.78 is 5.53. The zero-order chi connectivity index (χ0) is 24.7. The Morgan fingerprint density at radius 3 is 2.37 bits per heavy atom. The van der Waals surface area contributed by atoms with Crippen LogP contribution in [-0.2, 0) is 12.0 Å². The smallest absolute Gasteiger partial charge is 0.259 e. The summed E-state index contributed by atoms with van der Waals surface area (Å²) in [5.74, 6) is 0.674.